The van der Waals surface area contributed by atoms with Gasteiger partial charge in [-0.05, 0) is 37.5 Å². The first-order chi connectivity index (χ1) is 11.9. The minimum atomic E-state index is -4.50. The lowest BCUT2D eigenvalue weighted by Gasteiger charge is -2.26. The van der Waals surface area contributed by atoms with Gasteiger partial charge >= 0.3 is 6.18 Å². The first-order valence-corrected chi connectivity index (χ1v) is 8.01. The van der Waals surface area contributed by atoms with Crippen LogP contribution in [0.15, 0.2) is 36.5 Å². The molecule has 1 amide bonds. The number of anilines is 2. The fourth-order valence-electron chi connectivity index (χ4n) is 2.76. The van der Waals surface area contributed by atoms with Gasteiger partial charge in [-0.25, -0.2) is 9.97 Å². The number of carbonyl (C=O) groups excluding carboxylic acids is 1. The normalized spacial score (nSPS) is 15.1. The van der Waals surface area contributed by atoms with Gasteiger partial charge in [0.1, 0.15) is 5.69 Å². The zero-order valence-corrected chi connectivity index (χ0v) is 13.4. The molecule has 0 unspecified atom stereocenters. The number of halogens is 3. The summed E-state index contributed by atoms with van der Waals surface area (Å²) in [7, 11) is 0. The van der Waals surface area contributed by atoms with Crippen molar-refractivity contribution in [3.8, 4) is 0 Å². The second kappa shape index (κ2) is 7.08. The van der Waals surface area contributed by atoms with Crippen molar-refractivity contribution in [2.24, 2.45) is 0 Å². The topological polar surface area (TPSA) is 58.1 Å². The van der Waals surface area contributed by atoms with Gasteiger partial charge in [0.2, 0.25) is 5.95 Å². The van der Waals surface area contributed by atoms with Crippen molar-refractivity contribution < 1.29 is 18.0 Å². The van der Waals surface area contributed by atoms with Crippen molar-refractivity contribution in [3.05, 3.63) is 47.8 Å². The molecule has 0 radical (unpaired) electrons. The van der Waals surface area contributed by atoms with Crippen LogP contribution < -0.4 is 5.32 Å². The Morgan fingerprint density at radius 3 is 2.52 bits per heavy atom. The van der Waals surface area contributed by atoms with E-state index in [1.165, 1.54) is 30.5 Å². The van der Waals surface area contributed by atoms with Crippen LogP contribution >= 0.6 is 0 Å². The number of amides is 1. The van der Waals surface area contributed by atoms with Gasteiger partial charge in [0.05, 0.1) is 11.3 Å². The molecule has 1 aliphatic rings. The summed E-state index contributed by atoms with van der Waals surface area (Å²) < 4.78 is 39.2. The van der Waals surface area contributed by atoms with Gasteiger partial charge in [0.25, 0.3) is 5.91 Å². The Labute approximate surface area is 142 Å². The van der Waals surface area contributed by atoms with E-state index in [2.05, 4.69) is 15.3 Å². The summed E-state index contributed by atoms with van der Waals surface area (Å²) in [4.78, 5) is 22.2. The smallest absolute Gasteiger partial charge is 0.337 e. The zero-order chi connectivity index (χ0) is 17.9. The highest BCUT2D eigenvalue weighted by Gasteiger charge is 2.33. The lowest BCUT2D eigenvalue weighted by molar-refractivity contribution is -0.136. The number of para-hydroxylation sites is 1. The molecular formula is C17H17F3N4O. The number of benzene rings is 1. The van der Waals surface area contributed by atoms with E-state index in [-0.39, 0.29) is 23.2 Å². The van der Waals surface area contributed by atoms with Crippen molar-refractivity contribution in [3.63, 3.8) is 0 Å². The highest BCUT2D eigenvalue weighted by atomic mass is 19.4. The summed E-state index contributed by atoms with van der Waals surface area (Å²) in [5.41, 5.74) is -0.798. The number of hydrogen-bond donors (Lipinski definition) is 1. The molecule has 1 fully saturated rings. The molecule has 2 aromatic rings. The van der Waals surface area contributed by atoms with Gasteiger partial charge in [0.15, 0.2) is 0 Å². The fraction of sp³-hybridized carbons (Fsp3) is 0.353. The third-order valence-corrected chi connectivity index (χ3v) is 4.00. The van der Waals surface area contributed by atoms with Gasteiger partial charge in [0, 0.05) is 19.3 Å². The Hall–Kier alpha value is -2.64. The number of carbonyl (C=O) groups is 1. The van der Waals surface area contributed by atoms with Crippen molar-refractivity contribution in [2.45, 2.75) is 25.4 Å². The molecule has 1 aliphatic heterocycles. The molecule has 1 N–H and O–H groups in total. The van der Waals surface area contributed by atoms with E-state index in [1.54, 1.807) is 4.90 Å². The van der Waals surface area contributed by atoms with E-state index in [4.69, 9.17) is 0 Å². The number of likely N-dealkylation sites (tertiary alicyclic amines) is 1. The number of rotatable bonds is 3. The Morgan fingerprint density at radius 1 is 1.08 bits per heavy atom. The minimum absolute atomic E-state index is 0.0421. The first kappa shape index (κ1) is 17.2. The summed E-state index contributed by atoms with van der Waals surface area (Å²) in [6, 6.07) is 6.54. The summed E-state index contributed by atoms with van der Waals surface area (Å²) in [5.74, 6) is -0.270. The highest BCUT2D eigenvalue weighted by Crippen LogP contribution is 2.35. The Kier molecular flexibility index (Phi) is 4.87. The Morgan fingerprint density at radius 2 is 1.80 bits per heavy atom. The molecule has 5 nitrogen and oxygen atoms in total. The molecule has 0 spiro atoms. The standard InChI is InChI=1S/C17H17F3N4O/c18-17(19,20)12-6-2-3-7-13(12)22-16-21-9-8-14(23-16)15(25)24-10-4-1-5-11-24/h2-3,6-9H,1,4-5,10-11H2,(H,21,22,23). The van der Waals surface area contributed by atoms with Gasteiger partial charge in [-0.1, -0.05) is 12.1 Å². The monoisotopic (exact) mass is 350 g/mol. The maximum absolute atomic E-state index is 13.1. The number of aromatic nitrogens is 2. The minimum Gasteiger partial charge on any atom is -0.337 e. The molecular weight excluding hydrogens is 333 g/mol. The van der Waals surface area contributed by atoms with E-state index in [0.717, 1.165) is 25.3 Å². The van der Waals surface area contributed by atoms with Gasteiger partial charge in [-0.3, -0.25) is 4.79 Å². The highest BCUT2D eigenvalue weighted by molar-refractivity contribution is 5.92. The van der Waals surface area contributed by atoms with Crippen LogP contribution in [0.2, 0.25) is 0 Å². The summed E-state index contributed by atoms with van der Waals surface area (Å²) in [5, 5.41) is 2.56. The molecule has 1 aromatic heterocycles. The molecule has 1 saturated heterocycles. The molecule has 2 heterocycles. The van der Waals surface area contributed by atoms with E-state index < -0.39 is 11.7 Å². The van der Waals surface area contributed by atoms with E-state index >= 15 is 0 Å². The summed E-state index contributed by atoms with van der Waals surface area (Å²) in [6.45, 7) is 1.34. The Balaban J connectivity index is 1.82. The Bertz CT molecular complexity index is 758. The van der Waals surface area contributed by atoms with Crippen LogP contribution in [-0.4, -0.2) is 33.9 Å². The quantitative estimate of drug-likeness (QED) is 0.913. The molecule has 0 bridgehead atoms. The predicted octanol–water partition coefficient (Wildman–Crippen LogP) is 3.87. The van der Waals surface area contributed by atoms with E-state index in [9.17, 15) is 18.0 Å². The molecule has 3 rings (SSSR count). The van der Waals surface area contributed by atoms with E-state index in [0.29, 0.717) is 13.1 Å². The third kappa shape index (κ3) is 4.07. The van der Waals surface area contributed by atoms with Gasteiger partial charge in [-0.15, -0.1) is 0 Å². The van der Waals surface area contributed by atoms with Gasteiger partial charge < -0.3 is 10.2 Å². The SMILES string of the molecule is O=C(c1ccnc(Nc2ccccc2C(F)(F)F)n1)N1CCCCC1. The van der Waals surface area contributed by atoms with Crippen LogP contribution in [0.5, 0.6) is 0 Å². The van der Waals surface area contributed by atoms with Crippen LogP contribution in [0, 0.1) is 0 Å². The predicted molar refractivity (Wildman–Crippen MR) is 86.5 cm³/mol. The maximum atomic E-state index is 13.1. The number of nitrogens with zero attached hydrogens (tertiary/aromatic N) is 3. The molecule has 25 heavy (non-hydrogen) atoms. The number of nitrogens with one attached hydrogen (secondary N) is 1. The molecule has 1 aromatic carbocycles. The van der Waals surface area contributed by atoms with Crippen molar-refractivity contribution in [1.82, 2.24) is 14.9 Å². The zero-order valence-electron chi connectivity index (χ0n) is 13.4. The largest absolute Gasteiger partial charge is 0.418 e. The molecule has 0 atom stereocenters. The van der Waals surface area contributed by atoms with E-state index in [1.807, 2.05) is 0 Å². The van der Waals surface area contributed by atoms with Crippen LogP contribution in [0.3, 0.4) is 0 Å². The summed E-state index contributed by atoms with van der Waals surface area (Å²) >= 11 is 0. The fourth-order valence-corrected chi connectivity index (χ4v) is 2.76. The van der Waals surface area contributed by atoms with Crippen molar-refractivity contribution in [1.29, 1.82) is 0 Å². The molecule has 0 saturated carbocycles. The maximum Gasteiger partial charge on any atom is 0.418 e. The van der Waals surface area contributed by atoms with Crippen LogP contribution in [-0.2, 0) is 6.18 Å². The average Bonchev–Trinajstić information content (AvgIpc) is 2.62. The van der Waals surface area contributed by atoms with Gasteiger partial charge in [-0.2, -0.15) is 13.2 Å². The second-order valence-corrected chi connectivity index (χ2v) is 5.79. The lowest BCUT2D eigenvalue weighted by Crippen LogP contribution is -2.36. The molecule has 8 heteroatoms. The first-order valence-electron chi connectivity index (χ1n) is 8.01. The number of alkyl halides is 3. The number of piperidine rings is 1. The average molecular weight is 350 g/mol. The van der Waals surface area contributed by atoms with Crippen LogP contribution in [0.1, 0.15) is 35.3 Å². The number of hydrogen-bond acceptors (Lipinski definition) is 4. The second-order valence-electron chi connectivity index (χ2n) is 5.79. The molecule has 0 aliphatic carbocycles. The van der Waals surface area contributed by atoms with Crippen molar-refractivity contribution >= 4 is 17.5 Å². The van der Waals surface area contributed by atoms with Crippen LogP contribution in [0.4, 0.5) is 24.8 Å². The lowest BCUT2D eigenvalue weighted by atomic mass is 10.1. The molecule has 132 valence electrons. The summed E-state index contributed by atoms with van der Waals surface area (Å²) in [6.07, 6.45) is -0.149. The van der Waals surface area contributed by atoms with Crippen LogP contribution in [0.25, 0.3) is 0 Å². The third-order valence-electron chi connectivity index (χ3n) is 4.00. The van der Waals surface area contributed by atoms with Crippen molar-refractivity contribution in [2.75, 3.05) is 18.4 Å².